The van der Waals surface area contributed by atoms with Crippen molar-refractivity contribution in [2.45, 2.75) is 125 Å². The van der Waals surface area contributed by atoms with Crippen LogP contribution in [0.5, 0.6) is 23.3 Å². The van der Waals surface area contributed by atoms with Gasteiger partial charge in [0.05, 0.1) is 49.7 Å². The van der Waals surface area contributed by atoms with Crippen molar-refractivity contribution in [3.8, 4) is 23.3 Å². The molecule has 0 bridgehead atoms. The van der Waals surface area contributed by atoms with E-state index in [4.69, 9.17) is 42.1 Å². The van der Waals surface area contributed by atoms with Crippen molar-refractivity contribution in [1.82, 2.24) is 40.3 Å². The molecule has 2 aliphatic heterocycles. The Morgan fingerprint density at radius 3 is 1.60 bits per heavy atom. The van der Waals surface area contributed by atoms with E-state index in [2.05, 4.69) is 48.5 Å². The van der Waals surface area contributed by atoms with Gasteiger partial charge in [0.2, 0.25) is 49.5 Å². The second-order valence-electron chi connectivity index (χ2n) is 22.5. The number of hydrogen-bond acceptors (Lipinski definition) is 16. The minimum absolute atomic E-state index is 0. The van der Waals surface area contributed by atoms with E-state index in [1.807, 2.05) is 33.8 Å². The minimum Gasteiger partial charge on any atom is -0.494 e. The molecule has 2 aromatic heterocycles. The number of carbonyl (C=O) groups excluding carboxylic acids is 5. The number of rotatable bonds is 19. The highest BCUT2D eigenvalue weighted by Crippen LogP contribution is 2.47. The number of carbonyl (C=O) groups is 5. The van der Waals surface area contributed by atoms with E-state index in [1.54, 1.807) is 49.7 Å². The maximum absolute atomic E-state index is 13.9. The highest BCUT2D eigenvalue weighted by Gasteiger charge is 2.63. The molecule has 26 heteroatoms. The Bertz CT molecular complexity index is 3420. The van der Waals surface area contributed by atoms with Gasteiger partial charge < -0.3 is 39.8 Å². The normalized spacial score (nSPS) is 26.1. The second-order valence-corrected chi connectivity index (χ2v) is 27.3. The highest BCUT2D eigenvalue weighted by atomic mass is 35.5. The molecule has 0 radical (unpaired) electrons. The molecule has 10 rings (SSSR count). The predicted octanol–water partition coefficient (Wildman–Crippen LogP) is 5.69. The molecule has 9 atom stereocenters. The zero-order chi connectivity index (χ0) is 57.9. The van der Waals surface area contributed by atoms with Gasteiger partial charge in [-0.05, 0) is 80.3 Å². The van der Waals surface area contributed by atoms with Crippen LogP contribution >= 0.6 is 35.6 Å². The van der Waals surface area contributed by atoms with Crippen LogP contribution in [0.1, 0.15) is 79.1 Å². The third-order valence-corrected chi connectivity index (χ3v) is 20.1. The maximum atomic E-state index is 13.9. The van der Waals surface area contributed by atoms with Crippen LogP contribution in [0.3, 0.4) is 0 Å². The molecule has 81 heavy (non-hydrogen) atoms. The molecule has 6 aliphatic rings. The van der Waals surface area contributed by atoms with E-state index < -0.39 is 95.3 Å². The number of nitrogens with zero attached hydrogens (tertiary/aromatic N) is 3. The summed E-state index contributed by atoms with van der Waals surface area (Å²) in [4.78, 5) is 77.3. The van der Waals surface area contributed by atoms with Crippen molar-refractivity contribution in [3.05, 3.63) is 84.1 Å². The van der Waals surface area contributed by atoms with Gasteiger partial charge in [-0.1, -0.05) is 63.0 Å². The number of hydrogen-bond donors (Lipinski definition) is 5. The van der Waals surface area contributed by atoms with Crippen LogP contribution in [0, 0.1) is 23.2 Å². The molecule has 6 fully saturated rings. The molecular formula is C55H67Cl3N8O13S2. The Labute approximate surface area is 486 Å². The molecule has 4 heterocycles. The minimum atomic E-state index is -3.83. The molecule has 5 N–H and O–H groups in total. The van der Waals surface area contributed by atoms with Gasteiger partial charge in [-0.15, -0.1) is 25.6 Å². The second kappa shape index (κ2) is 23.3. The molecule has 5 amide bonds. The number of aromatic nitrogens is 2. The van der Waals surface area contributed by atoms with Gasteiger partial charge in [0.25, 0.3) is 11.8 Å². The molecule has 438 valence electrons. The molecule has 0 spiro atoms. The summed E-state index contributed by atoms with van der Waals surface area (Å²) in [6, 6.07) is 8.98. The first-order valence-electron chi connectivity index (χ1n) is 26.4. The van der Waals surface area contributed by atoms with Gasteiger partial charge in [-0.3, -0.25) is 33.4 Å². The van der Waals surface area contributed by atoms with Crippen LogP contribution in [0.2, 0.25) is 10.0 Å². The van der Waals surface area contributed by atoms with Crippen LogP contribution in [-0.2, 0) is 44.0 Å². The molecule has 21 nitrogen and oxygen atoms in total. The third kappa shape index (κ3) is 12.8. The fourth-order valence-electron chi connectivity index (χ4n) is 10.2. The molecule has 0 unspecified atom stereocenters. The SMILES string of the molecule is C=C[C@@H]1C[C@]1(NC(=O)[C@@H]1C[C@@H](Oc2ncc(OC)c3ccc(Cl)cc23)CN1)C(=O)NS(=O)(=O)C1CC1.C=C[C@@H]1C[C@]1(NC(=O)[C@@H]1C[C@@H](Oc2ncc(OC)c3ccc(Cl)cc23)CN1C(=O)[C@@H](C)C(C)(C)C)C(=O)NS(=O)(=O)C1CC1.Cl. The predicted molar refractivity (Wildman–Crippen MR) is 306 cm³/mol. The first-order valence-corrected chi connectivity index (χ1v) is 30.3. The summed E-state index contributed by atoms with van der Waals surface area (Å²) in [5.41, 5.74) is -3.16. The van der Waals surface area contributed by atoms with Crippen molar-refractivity contribution in [3.63, 3.8) is 0 Å². The number of ether oxygens (including phenoxy) is 4. The van der Waals surface area contributed by atoms with E-state index in [9.17, 15) is 40.8 Å². The lowest BCUT2D eigenvalue weighted by atomic mass is 9.81. The lowest BCUT2D eigenvalue weighted by Gasteiger charge is -2.33. The van der Waals surface area contributed by atoms with Gasteiger partial charge in [0, 0.05) is 68.7 Å². The van der Waals surface area contributed by atoms with Gasteiger partial charge in [0.15, 0.2) is 0 Å². The average molecular weight is 1220 g/mol. The summed E-state index contributed by atoms with van der Waals surface area (Å²) in [6.45, 7) is 15.6. The van der Waals surface area contributed by atoms with Gasteiger partial charge in [-0.2, -0.15) is 0 Å². The smallest absolute Gasteiger partial charge is 0.259 e. The van der Waals surface area contributed by atoms with E-state index in [1.165, 1.54) is 24.3 Å². The zero-order valence-electron chi connectivity index (χ0n) is 45.6. The quantitative estimate of drug-likeness (QED) is 0.0705. The molecule has 4 aliphatic carbocycles. The molecular weight excluding hydrogens is 1150 g/mol. The lowest BCUT2D eigenvalue weighted by Crippen LogP contribution is -2.57. The van der Waals surface area contributed by atoms with Gasteiger partial charge >= 0.3 is 0 Å². The van der Waals surface area contributed by atoms with Crippen LogP contribution in [-0.4, -0.2) is 134 Å². The molecule has 4 aromatic rings. The maximum Gasteiger partial charge on any atom is 0.259 e. The van der Waals surface area contributed by atoms with E-state index in [0.29, 0.717) is 83.3 Å². The Kier molecular flexibility index (Phi) is 17.6. The van der Waals surface area contributed by atoms with Crippen LogP contribution in [0.15, 0.2) is 74.1 Å². The monoisotopic (exact) mass is 1220 g/mol. The number of benzene rings is 2. The van der Waals surface area contributed by atoms with Crippen molar-refractivity contribution in [1.29, 1.82) is 0 Å². The van der Waals surface area contributed by atoms with Crippen LogP contribution < -0.4 is 44.3 Å². The summed E-state index contributed by atoms with van der Waals surface area (Å²) in [5, 5.41) is 11.4. The summed E-state index contributed by atoms with van der Waals surface area (Å²) in [5.74, 6) is -2.16. The van der Waals surface area contributed by atoms with Crippen molar-refractivity contribution >= 4 is 107 Å². The molecule has 4 saturated carbocycles. The first kappa shape index (κ1) is 61.1. The number of pyridine rings is 2. The number of methoxy groups -OCH3 is 2. The van der Waals surface area contributed by atoms with Gasteiger partial charge in [-0.25, -0.2) is 26.8 Å². The Morgan fingerprint density at radius 1 is 0.728 bits per heavy atom. The Hall–Kier alpha value is -5.98. The largest absolute Gasteiger partial charge is 0.494 e. The highest BCUT2D eigenvalue weighted by molar-refractivity contribution is 7.91. The van der Waals surface area contributed by atoms with Gasteiger partial charge in [0.1, 0.15) is 40.8 Å². The summed E-state index contributed by atoms with van der Waals surface area (Å²) >= 11 is 12.5. The first-order chi connectivity index (χ1) is 37.8. The summed E-state index contributed by atoms with van der Waals surface area (Å²) in [6.07, 6.45) is 8.22. The standard InChI is InChI=1S/C31H39ClN4O7S.C24H27ClN4O6S.ClH/c1-7-18-14-31(18,29(39)35-44(40,41)21-9-10-21)34-26(37)24-13-20(16-36(24)28(38)17(2)30(3,4)5)43-27-23-12-19(32)8-11-22(23)25(42-6)15-33-27;1-3-13-10-24(13,23(31)29-36(32,33)16-5-6-16)28-21(30)19-9-15(11-26-19)35-22-18-8-14(25)4-7-17(18)20(34-2)12-27-22;/h7-8,11-12,15,17-18,20-21,24H,1,9-10,13-14,16H2,2-6H3,(H,34,37)(H,35,39);3-4,7-8,12-13,15-16,19,26H,1,5-6,9-11H2,2H3,(H,28,30)(H,29,31);1H/t17-,18-,20-,24+,31-;13-,15-,19+,24-;/m11./s1. The van der Waals surface area contributed by atoms with Crippen molar-refractivity contribution < 1.29 is 59.8 Å². The number of halogens is 3. The molecule has 2 saturated heterocycles. The van der Waals surface area contributed by atoms with Crippen molar-refractivity contribution in [2.75, 3.05) is 27.3 Å². The fourth-order valence-corrected chi connectivity index (χ4v) is 13.3. The zero-order valence-corrected chi connectivity index (χ0v) is 49.5. The Morgan fingerprint density at radius 2 is 1.19 bits per heavy atom. The number of likely N-dealkylation sites (tertiary alicyclic amines) is 1. The van der Waals surface area contributed by atoms with E-state index in [0.717, 1.165) is 10.8 Å². The van der Waals surface area contributed by atoms with E-state index in [-0.39, 0.29) is 61.0 Å². The average Bonchev–Trinajstić information content (AvgIpc) is 4.45. The number of nitrogens with one attached hydrogen (secondary N) is 5. The van der Waals surface area contributed by atoms with Crippen LogP contribution in [0.25, 0.3) is 21.5 Å². The number of sulfonamides is 2. The topological polar surface area (TPSA) is 280 Å². The van der Waals surface area contributed by atoms with E-state index >= 15 is 0 Å². The Balaban J connectivity index is 0.000000214. The summed E-state index contributed by atoms with van der Waals surface area (Å²) in [7, 11) is -4.47. The van der Waals surface area contributed by atoms with Crippen LogP contribution in [0.4, 0.5) is 0 Å². The third-order valence-electron chi connectivity index (χ3n) is 16.0. The number of amides is 5. The molecule has 2 aromatic carbocycles. The fraction of sp³-hybridized carbons (Fsp3) is 0.509. The lowest BCUT2D eigenvalue weighted by molar-refractivity contribution is -0.144. The van der Waals surface area contributed by atoms with Crippen molar-refractivity contribution in [2.24, 2.45) is 23.2 Å². The number of fused-ring (bicyclic) bond motifs is 2. The summed E-state index contributed by atoms with van der Waals surface area (Å²) < 4.78 is 77.2.